The van der Waals surface area contributed by atoms with Crippen LogP contribution in [-0.4, -0.2) is 45.4 Å². The number of benzene rings is 1. The highest BCUT2D eigenvalue weighted by molar-refractivity contribution is 5.79. The van der Waals surface area contributed by atoms with E-state index < -0.39 is 0 Å². The van der Waals surface area contributed by atoms with Crippen LogP contribution in [0.5, 0.6) is 5.75 Å². The number of rotatable bonds is 3. The highest BCUT2D eigenvalue weighted by atomic mass is 16.5. The molecule has 1 atom stereocenters. The second-order valence-electron chi connectivity index (χ2n) is 5.48. The summed E-state index contributed by atoms with van der Waals surface area (Å²) in [7, 11) is 0. The first-order chi connectivity index (χ1) is 9.79. The molecule has 1 fully saturated rings. The fourth-order valence-corrected chi connectivity index (χ4v) is 3.06. The molecule has 4 heteroatoms. The maximum absolute atomic E-state index is 6.02. The van der Waals surface area contributed by atoms with Gasteiger partial charge < -0.3 is 19.9 Å². The van der Waals surface area contributed by atoms with Gasteiger partial charge >= 0.3 is 0 Å². The van der Waals surface area contributed by atoms with Crippen LogP contribution in [0.4, 0.5) is 11.4 Å². The summed E-state index contributed by atoms with van der Waals surface area (Å²) in [5.74, 6) is 1.00. The maximum Gasteiger partial charge on any atom is 0.145 e. The molecular formula is C16H23N3O. The maximum atomic E-state index is 6.02. The van der Waals surface area contributed by atoms with Crippen LogP contribution in [0.1, 0.15) is 6.92 Å². The molecule has 0 amide bonds. The first-order valence-electron chi connectivity index (χ1n) is 7.41. The molecule has 3 rings (SSSR count). The summed E-state index contributed by atoms with van der Waals surface area (Å²) in [4.78, 5) is 4.83. The molecule has 0 aromatic heterocycles. The summed E-state index contributed by atoms with van der Waals surface area (Å²) < 4.78 is 6.02. The number of fused-ring (bicyclic) bond motifs is 1. The first kappa shape index (κ1) is 13.3. The van der Waals surface area contributed by atoms with Gasteiger partial charge in [-0.25, -0.2) is 0 Å². The van der Waals surface area contributed by atoms with E-state index in [4.69, 9.17) is 4.74 Å². The third-order valence-corrected chi connectivity index (χ3v) is 3.91. The number of hydrogen-bond donors (Lipinski definition) is 1. The van der Waals surface area contributed by atoms with E-state index in [-0.39, 0.29) is 6.10 Å². The van der Waals surface area contributed by atoms with Crippen molar-refractivity contribution in [3.05, 3.63) is 30.9 Å². The summed E-state index contributed by atoms with van der Waals surface area (Å²) in [6, 6.07) is 6.38. The number of hydrogen-bond acceptors (Lipinski definition) is 4. The van der Waals surface area contributed by atoms with Gasteiger partial charge in [-0.3, -0.25) is 0 Å². The molecule has 1 unspecified atom stereocenters. The molecule has 0 spiro atoms. The minimum absolute atomic E-state index is 0.223. The van der Waals surface area contributed by atoms with Crippen molar-refractivity contribution in [3.63, 3.8) is 0 Å². The average molecular weight is 273 g/mol. The number of nitrogens with one attached hydrogen (secondary N) is 1. The van der Waals surface area contributed by atoms with E-state index >= 15 is 0 Å². The Kier molecular flexibility index (Phi) is 3.83. The Bertz CT molecular complexity index is 483. The highest BCUT2D eigenvalue weighted by Gasteiger charge is 2.27. The van der Waals surface area contributed by atoms with Crippen LogP contribution in [0, 0.1) is 0 Å². The monoisotopic (exact) mass is 273 g/mol. The zero-order chi connectivity index (χ0) is 13.9. The van der Waals surface area contributed by atoms with E-state index in [1.807, 2.05) is 6.08 Å². The van der Waals surface area contributed by atoms with Crippen molar-refractivity contribution < 1.29 is 4.74 Å². The standard InChI is InChI=1S/C16H23N3O/c1-3-9-19-12-13(2)20-15-6-4-5-14(16(15)19)18-10-7-17-8-11-18/h3-6,13,17H,1,7-12H2,2H3. The zero-order valence-corrected chi connectivity index (χ0v) is 12.1. The molecule has 4 nitrogen and oxygen atoms in total. The van der Waals surface area contributed by atoms with Crippen LogP contribution in [0.25, 0.3) is 0 Å². The zero-order valence-electron chi connectivity index (χ0n) is 12.1. The lowest BCUT2D eigenvalue weighted by molar-refractivity contribution is 0.214. The molecule has 0 radical (unpaired) electrons. The third kappa shape index (κ3) is 2.48. The van der Waals surface area contributed by atoms with Gasteiger partial charge in [0.15, 0.2) is 0 Å². The predicted molar refractivity (Wildman–Crippen MR) is 84.0 cm³/mol. The normalized spacial score (nSPS) is 22.1. The van der Waals surface area contributed by atoms with E-state index in [0.717, 1.165) is 45.0 Å². The number of anilines is 2. The Labute approximate surface area is 121 Å². The fraction of sp³-hybridized carbons (Fsp3) is 0.500. The van der Waals surface area contributed by atoms with Gasteiger partial charge in [0.05, 0.1) is 12.2 Å². The predicted octanol–water partition coefficient (Wildman–Crippen LogP) is 1.87. The summed E-state index contributed by atoms with van der Waals surface area (Å²) in [6.07, 6.45) is 2.19. The molecular weight excluding hydrogens is 250 g/mol. The Hall–Kier alpha value is -1.68. The molecule has 1 N–H and O–H groups in total. The molecule has 20 heavy (non-hydrogen) atoms. The van der Waals surface area contributed by atoms with Crippen LogP contribution >= 0.6 is 0 Å². The summed E-state index contributed by atoms with van der Waals surface area (Å²) >= 11 is 0. The molecule has 1 aromatic rings. The van der Waals surface area contributed by atoms with Crippen LogP contribution in [-0.2, 0) is 0 Å². The SMILES string of the molecule is C=CCN1CC(C)Oc2cccc(N3CCNCC3)c21. The Morgan fingerprint density at radius 2 is 2.20 bits per heavy atom. The topological polar surface area (TPSA) is 27.7 Å². The van der Waals surface area contributed by atoms with Crippen molar-refractivity contribution >= 4 is 11.4 Å². The van der Waals surface area contributed by atoms with Crippen molar-refractivity contribution in [1.29, 1.82) is 0 Å². The molecule has 0 aliphatic carbocycles. The van der Waals surface area contributed by atoms with Crippen LogP contribution in [0.3, 0.4) is 0 Å². The van der Waals surface area contributed by atoms with Gasteiger partial charge in [0.1, 0.15) is 17.5 Å². The van der Waals surface area contributed by atoms with E-state index in [1.54, 1.807) is 0 Å². The first-order valence-corrected chi connectivity index (χ1v) is 7.41. The molecule has 2 aliphatic heterocycles. The molecule has 1 aromatic carbocycles. The van der Waals surface area contributed by atoms with Gasteiger partial charge in [-0.05, 0) is 19.1 Å². The van der Waals surface area contributed by atoms with Gasteiger partial charge in [0, 0.05) is 32.7 Å². The number of ether oxygens (including phenoxy) is 1. The van der Waals surface area contributed by atoms with Gasteiger partial charge in [-0.2, -0.15) is 0 Å². The van der Waals surface area contributed by atoms with Crippen LogP contribution in [0.15, 0.2) is 30.9 Å². The van der Waals surface area contributed by atoms with E-state index in [9.17, 15) is 0 Å². The van der Waals surface area contributed by atoms with Gasteiger partial charge in [-0.15, -0.1) is 6.58 Å². The van der Waals surface area contributed by atoms with Crippen LogP contribution in [0.2, 0.25) is 0 Å². The molecule has 0 bridgehead atoms. The fourth-order valence-electron chi connectivity index (χ4n) is 3.06. The van der Waals surface area contributed by atoms with Gasteiger partial charge in [0.25, 0.3) is 0 Å². The largest absolute Gasteiger partial charge is 0.487 e. The second kappa shape index (κ2) is 5.75. The number of piperazine rings is 1. The molecule has 0 saturated carbocycles. The van der Waals surface area contributed by atoms with Crippen molar-refractivity contribution in [2.24, 2.45) is 0 Å². The van der Waals surface area contributed by atoms with Gasteiger partial charge in [0.2, 0.25) is 0 Å². The van der Waals surface area contributed by atoms with Crippen molar-refractivity contribution in [3.8, 4) is 5.75 Å². The number of nitrogens with zero attached hydrogens (tertiary/aromatic N) is 2. The molecule has 2 aliphatic rings. The average Bonchev–Trinajstić information content (AvgIpc) is 2.47. The van der Waals surface area contributed by atoms with E-state index in [1.165, 1.54) is 11.4 Å². The Balaban J connectivity index is 1.98. The van der Waals surface area contributed by atoms with Crippen molar-refractivity contribution in [2.75, 3.05) is 49.1 Å². The Morgan fingerprint density at radius 3 is 2.95 bits per heavy atom. The molecule has 2 heterocycles. The third-order valence-electron chi connectivity index (χ3n) is 3.91. The second-order valence-corrected chi connectivity index (χ2v) is 5.48. The Morgan fingerprint density at radius 1 is 1.40 bits per heavy atom. The van der Waals surface area contributed by atoms with Crippen LogP contribution < -0.4 is 19.9 Å². The van der Waals surface area contributed by atoms with Crippen molar-refractivity contribution in [1.82, 2.24) is 5.32 Å². The summed E-state index contributed by atoms with van der Waals surface area (Å²) in [6.45, 7) is 12.0. The highest BCUT2D eigenvalue weighted by Crippen LogP contribution is 2.41. The summed E-state index contributed by atoms with van der Waals surface area (Å²) in [5, 5.41) is 3.41. The van der Waals surface area contributed by atoms with Crippen molar-refractivity contribution in [2.45, 2.75) is 13.0 Å². The number of para-hydroxylation sites is 1. The lowest BCUT2D eigenvalue weighted by Crippen LogP contribution is -2.45. The molecule has 108 valence electrons. The smallest absolute Gasteiger partial charge is 0.145 e. The summed E-state index contributed by atoms with van der Waals surface area (Å²) in [5.41, 5.74) is 2.52. The lowest BCUT2D eigenvalue weighted by Gasteiger charge is -2.39. The minimum atomic E-state index is 0.223. The van der Waals surface area contributed by atoms with Gasteiger partial charge in [-0.1, -0.05) is 12.1 Å². The quantitative estimate of drug-likeness (QED) is 0.851. The lowest BCUT2D eigenvalue weighted by atomic mass is 10.1. The van der Waals surface area contributed by atoms with E-state index in [0.29, 0.717) is 0 Å². The van der Waals surface area contributed by atoms with E-state index in [2.05, 4.69) is 46.8 Å². The molecule has 1 saturated heterocycles. The minimum Gasteiger partial charge on any atom is -0.487 e.